The molecule has 19 heavy (non-hydrogen) atoms. The summed E-state index contributed by atoms with van der Waals surface area (Å²) in [4.78, 5) is 12.3. The van der Waals surface area contributed by atoms with E-state index in [0.29, 0.717) is 0 Å². The molecule has 0 N–H and O–H groups in total. The number of nitrogens with zero attached hydrogens (tertiary/aromatic N) is 6. The number of rotatable bonds is 3. The van der Waals surface area contributed by atoms with Gasteiger partial charge in [0.1, 0.15) is 17.2 Å². The first-order valence-corrected chi connectivity index (χ1v) is 5.74. The summed E-state index contributed by atoms with van der Waals surface area (Å²) in [7, 11) is 1.93. The maximum absolute atomic E-state index is 4.50. The Morgan fingerprint density at radius 1 is 1.32 bits per heavy atom. The largest absolute Gasteiger partial charge is 0.334 e. The lowest BCUT2D eigenvalue weighted by molar-refractivity contribution is 0.897. The first-order valence-electron chi connectivity index (χ1n) is 5.74. The summed E-state index contributed by atoms with van der Waals surface area (Å²) in [5.74, 6) is 0.801. The van der Waals surface area contributed by atoms with Gasteiger partial charge in [0, 0.05) is 31.8 Å². The van der Waals surface area contributed by atoms with Crippen LogP contribution in [0.25, 0.3) is 23.1 Å². The maximum atomic E-state index is 4.50. The number of hydrogen-bond acceptors (Lipinski definition) is 4. The number of aromatic nitrogens is 5. The molecule has 3 aromatic heterocycles. The van der Waals surface area contributed by atoms with E-state index in [1.54, 1.807) is 23.0 Å². The van der Waals surface area contributed by atoms with Crippen LogP contribution in [0.1, 0.15) is 5.82 Å². The Labute approximate surface area is 109 Å². The second-order valence-electron chi connectivity index (χ2n) is 4.04. The van der Waals surface area contributed by atoms with Crippen molar-refractivity contribution in [2.24, 2.45) is 12.0 Å². The van der Waals surface area contributed by atoms with Gasteiger partial charge in [-0.25, -0.2) is 14.5 Å². The third kappa shape index (κ3) is 2.03. The summed E-state index contributed by atoms with van der Waals surface area (Å²) < 4.78 is 3.64. The summed E-state index contributed by atoms with van der Waals surface area (Å²) in [6, 6.07) is 3.82. The van der Waals surface area contributed by atoms with Crippen LogP contribution in [-0.2, 0) is 7.05 Å². The Morgan fingerprint density at radius 3 is 3.05 bits per heavy atom. The first-order chi connectivity index (χ1) is 9.28. The van der Waals surface area contributed by atoms with Crippen LogP contribution in [-0.4, -0.2) is 30.9 Å². The summed E-state index contributed by atoms with van der Waals surface area (Å²) in [6.07, 6.45) is 8.86. The predicted octanol–water partition coefficient (Wildman–Crippen LogP) is 1.80. The zero-order chi connectivity index (χ0) is 13.2. The monoisotopic (exact) mass is 252 g/mol. The molecular weight excluding hydrogens is 240 g/mol. The topological polar surface area (TPSA) is 60.4 Å². The Hall–Kier alpha value is -2.76. The highest BCUT2D eigenvalue weighted by Gasteiger charge is 2.07. The van der Waals surface area contributed by atoms with Crippen LogP contribution >= 0.6 is 0 Å². The van der Waals surface area contributed by atoms with Crippen molar-refractivity contribution in [1.82, 2.24) is 24.1 Å². The fraction of sp³-hybridized carbons (Fsp3) is 0.0769. The van der Waals surface area contributed by atoms with E-state index >= 15 is 0 Å². The highest BCUT2D eigenvalue weighted by atomic mass is 15.2. The van der Waals surface area contributed by atoms with Gasteiger partial charge in [0.2, 0.25) is 0 Å². The molecule has 0 aliphatic carbocycles. The van der Waals surface area contributed by atoms with Gasteiger partial charge in [0.05, 0.1) is 0 Å². The minimum atomic E-state index is 0.798. The normalized spacial score (nSPS) is 11.4. The SMILES string of the molecule is C=N/C=C\c1nc(-c2ccc3nccn3n2)cn1C. The van der Waals surface area contributed by atoms with Crippen molar-refractivity contribution in [3.8, 4) is 11.4 Å². The van der Waals surface area contributed by atoms with E-state index in [2.05, 4.69) is 26.8 Å². The average molecular weight is 252 g/mol. The minimum Gasteiger partial charge on any atom is -0.334 e. The van der Waals surface area contributed by atoms with Crippen LogP contribution < -0.4 is 0 Å². The second-order valence-corrected chi connectivity index (χ2v) is 4.04. The van der Waals surface area contributed by atoms with Gasteiger partial charge in [0.25, 0.3) is 0 Å². The summed E-state index contributed by atoms with van der Waals surface area (Å²) in [6.45, 7) is 3.40. The molecule has 0 saturated carbocycles. The van der Waals surface area contributed by atoms with Crippen molar-refractivity contribution in [3.63, 3.8) is 0 Å². The fourth-order valence-corrected chi connectivity index (χ4v) is 1.83. The Morgan fingerprint density at radius 2 is 2.21 bits per heavy atom. The van der Waals surface area contributed by atoms with Crippen LogP contribution in [0.4, 0.5) is 0 Å². The second kappa shape index (κ2) is 4.49. The molecule has 0 atom stereocenters. The van der Waals surface area contributed by atoms with Gasteiger partial charge in [-0.3, -0.25) is 4.99 Å². The Bertz CT molecular complexity index is 764. The number of hydrogen-bond donors (Lipinski definition) is 0. The smallest absolute Gasteiger partial charge is 0.153 e. The van der Waals surface area contributed by atoms with Crippen molar-refractivity contribution in [2.75, 3.05) is 0 Å². The lowest BCUT2D eigenvalue weighted by Crippen LogP contribution is -1.93. The van der Waals surface area contributed by atoms with Gasteiger partial charge in [-0.1, -0.05) is 0 Å². The van der Waals surface area contributed by atoms with Gasteiger partial charge >= 0.3 is 0 Å². The molecule has 94 valence electrons. The molecule has 3 rings (SSSR count). The molecular formula is C13H12N6. The first kappa shape index (κ1) is 11.3. The van der Waals surface area contributed by atoms with Gasteiger partial charge in [-0.05, 0) is 24.9 Å². The van der Waals surface area contributed by atoms with Crippen molar-refractivity contribution in [1.29, 1.82) is 0 Å². The molecule has 3 heterocycles. The standard InChI is InChI=1S/C13H12N6/c1-14-6-5-13-16-11(9-18(13)2)10-3-4-12-15-7-8-19(12)17-10/h3-9H,1H2,2H3/b6-5-. The molecule has 3 aromatic rings. The molecule has 0 fully saturated rings. The molecule has 0 radical (unpaired) electrons. The lowest BCUT2D eigenvalue weighted by Gasteiger charge is -1.96. The van der Waals surface area contributed by atoms with Crippen molar-refractivity contribution < 1.29 is 0 Å². The van der Waals surface area contributed by atoms with Crippen LogP contribution in [0.15, 0.2) is 41.9 Å². The molecule has 0 saturated heterocycles. The molecule has 0 aromatic carbocycles. The summed E-state index contributed by atoms with van der Waals surface area (Å²) in [5, 5.41) is 4.46. The van der Waals surface area contributed by atoms with E-state index in [9.17, 15) is 0 Å². The van der Waals surface area contributed by atoms with E-state index < -0.39 is 0 Å². The zero-order valence-electron chi connectivity index (χ0n) is 10.4. The van der Waals surface area contributed by atoms with Crippen LogP contribution in [0.2, 0.25) is 0 Å². The van der Waals surface area contributed by atoms with E-state index in [-0.39, 0.29) is 0 Å². The van der Waals surface area contributed by atoms with Crippen LogP contribution in [0.5, 0.6) is 0 Å². The molecule has 0 spiro atoms. The predicted molar refractivity (Wildman–Crippen MR) is 73.8 cm³/mol. The van der Waals surface area contributed by atoms with E-state index in [1.807, 2.05) is 36.1 Å². The molecule has 0 aliphatic heterocycles. The number of fused-ring (bicyclic) bond motifs is 1. The summed E-state index contributed by atoms with van der Waals surface area (Å²) >= 11 is 0. The molecule has 6 nitrogen and oxygen atoms in total. The third-order valence-corrected chi connectivity index (χ3v) is 2.76. The Kier molecular flexibility index (Phi) is 2.68. The van der Waals surface area contributed by atoms with Crippen molar-refractivity contribution in [3.05, 3.63) is 42.7 Å². The third-order valence-electron chi connectivity index (χ3n) is 2.76. The van der Waals surface area contributed by atoms with Gasteiger partial charge < -0.3 is 4.57 Å². The van der Waals surface area contributed by atoms with Gasteiger partial charge in [0.15, 0.2) is 5.65 Å². The van der Waals surface area contributed by atoms with E-state index in [4.69, 9.17) is 0 Å². The zero-order valence-corrected chi connectivity index (χ0v) is 10.4. The average Bonchev–Trinajstić information content (AvgIpc) is 3.02. The quantitative estimate of drug-likeness (QED) is 0.668. The van der Waals surface area contributed by atoms with E-state index in [1.165, 1.54) is 0 Å². The number of imidazole rings is 2. The van der Waals surface area contributed by atoms with Crippen LogP contribution in [0.3, 0.4) is 0 Å². The Balaban J connectivity index is 2.05. The molecule has 0 bridgehead atoms. The minimum absolute atomic E-state index is 0.798. The molecule has 6 heteroatoms. The fourth-order valence-electron chi connectivity index (χ4n) is 1.83. The van der Waals surface area contributed by atoms with Crippen molar-refractivity contribution >= 4 is 18.4 Å². The maximum Gasteiger partial charge on any atom is 0.153 e. The van der Waals surface area contributed by atoms with Gasteiger partial charge in [-0.15, -0.1) is 0 Å². The number of aliphatic imine (C=N–C) groups is 1. The van der Waals surface area contributed by atoms with Crippen LogP contribution in [0, 0.1) is 0 Å². The lowest BCUT2D eigenvalue weighted by atomic mass is 10.3. The molecule has 0 unspecified atom stereocenters. The van der Waals surface area contributed by atoms with E-state index in [0.717, 1.165) is 22.9 Å². The van der Waals surface area contributed by atoms with Gasteiger partial charge in [-0.2, -0.15) is 5.10 Å². The summed E-state index contributed by atoms with van der Waals surface area (Å²) in [5.41, 5.74) is 2.42. The number of aryl methyl sites for hydroxylation is 1. The van der Waals surface area contributed by atoms with Crippen molar-refractivity contribution in [2.45, 2.75) is 0 Å². The highest BCUT2D eigenvalue weighted by molar-refractivity contribution is 5.58. The molecule has 0 amide bonds. The highest BCUT2D eigenvalue weighted by Crippen LogP contribution is 2.16. The molecule has 0 aliphatic rings.